The van der Waals surface area contributed by atoms with Crippen LogP contribution in [0.4, 0.5) is 0 Å². The number of carbonyl (C=O) groups excluding carboxylic acids is 1. The maximum Gasteiger partial charge on any atom is 0.306 e. The number of rotatable bonds is 4. The van der Waals surface area contributed by atoms with Crippen LogP contribution in [0, 0.1) is 11.8 Å². The Morgan fingerprint density at radius 1 is 1.17 bits per heavy atom. The van der Waals surface area contributed by atoms with Crippen LogP contribution in [0.2, 0.25) is 0 Å². The van der Waals surface area contributed by atoms with Crippen molar-refractivity contribution in [1.82, 2.24) is 10.6 Å². The minimum absolute atomic E-state index is 0.0298. The molecule has 1 heterocycles. The first-order chi connectivity index (χ1) is 8.68. The zero-order valence-electron chi connectivity index (χ0n) is 10.7. The second kappa shape index (κ2) is 6.18. The number of aliphatic carboxylic acids is 1. The monoisotopic (exact) mass is 254 g/mol. The highest BCUT2D eigenvalue weighted by atomic mass is 16.4. The van der Waals surface area contributed by atoms with Crippen molar-refractivity contribution in [2.75, 3.05) is 13.1 Å². The van der Waals surface area contributed by atoms with E-state index in [2.05, 4.69) is 10.6 Å². The number of hydrogen-bond acceptors (Lipinski definition) is 3. The molecule has 0 aromatic heterocycles. The van der Waals surface area contributed by atoms with Gasteiger partial charge in [0.05, 0.1) is 12.0 Å². The summed E-state index contributed by atoms with van der Waals surface area (Å²) < 4.78 is 0. The lowest BCUT2D eigenvalue weighted by Crippen LogP contribution is -2.44. The largest absolute Gasteiger partial charge is 0.481 e. The Balaban J connectivity index is 1.80. The van der Waals surface area contributed by atoms with Crippen molar-refractivity contribution in [3.05, 3.63) is 0 Å². The molecule has 3 unspecified atom stereocenters. The molecule has 2 fully saturated rings. The summed E-state index contributed by atoms with van der Waals surface area (Å²) in [4.78, 5) is 23.0. The Labute approximate surface area is 107 Å². The minimum atomic E-state index is -0.715. The molecule has 1 amide bonds. The number of carboxylic acid groups (broad SMARTS) is 1. The molecule has 1 saturated heterocycles. The first kappa shape index (κ1) is 13.3. The van der Waals surface area contributed by atoms with E-state index in [1.54, 1.807) is 0 Å². The second-order valence-corrected chi connectivity index (χ2v) is 5.38. The van der Waals surface area contributed by atoms with Crippen LogP contribution in [0.15, 0.2) is 0 Å². The highest BCUT2D eigenvalue weighted by Crippen LogP contribution is 2.29. The Morgan fingerprint density at radius 2 is 1.94 bits per heavy atom. The molecule has 1 saturated carbocycles. The molecule has 2 aliphatic rings. The molecule has 5 nitrogen and oxygen atoms in total. The number of amides is 1. The van der Waals surface area contributed by atoms with Crippen LogP contribution in [0.5, 0.6) is 0 Å². The van der Waals surface area contributed by atoms with Gasteiger partial charge in [0.25, 0.3) is 0 Å². The Morgan fingerprint density at radius 3 is 2.61 bits per heavy atom. The van der Waals surface area contributed by atoms with Gasteiger partial charge in [0, 0.05) is 6.54 Å². The van der Waals surface area contributed by atoms with Crippen molar-refractivity contribution in [3.8, 4) is 0 Å². The fourth-order valence-electron chi connectivity index (χ4n) is 3.04. The Kier molecular flexibility index (Phi) is 4.58. The summed E-state index contributed by atoms with van der Waals surface area (Å²) >= 11 is 0. The maximum absolute atomic E-state index is 11.8. The molecule has 3 N–H and O–H groups in total. The first-order valence-corrected chi connectivity index (χ1v) is 6.92. The molecule has 0 radical (unpaired) electrons. The predicted molar refractivity (Wildman–Crippen MR) is 67.1 cm³/mol. The van der Waals surface area contributed by atoms with Crippen molar-refractivity contribution in [3.63, 3.8) is 0 Å². The van der Waals surface area contributed by atoms with Gasteiger partial charge in [-0.15, -0.1) is 0 Å². The summed E-state index contributed by atoms with van der Waals surface area (Å²) in [6.07, 6.45) is 5.66. The Bertz CT molecular complexity index is 313. The fourth-order valence-corrected chi connectivity index (χ4v) is 3.04. The third-order valence-corrected chi connectivity index (χ3v) is 4.14. The lowest BCUT2D eigenvalue weighted by molar-refractivity contribution is -0.145. The van der Waals surface area contributed by atoms with Gasteiger partial charge in [-0.2, -0.15) is 0 Å². The molecule has 0 spiro atoms. The van der Waals surface area contributed by atoms with Crippen molar-refractivity contribution in [2.45, 2.75) is 44.6 Å². The van der Waals surface area contributed by atoms with Crippen LogP contribution in [0.25, 0.3) is 0 Å². The number of carboxylic acids is 1. The van der Waals surface area contributed by atoms with Gasteiger partial charge in [0.1, 0.15) is 0 Å². The predicted octanol–water partition coefficient (Wildman–Crippen LogP) is 0.746. The molecule has 1 aliphatic heterocycles. The average molecular weight is 254 g/mol. The Hall–Kier alpha value is -1.10. The molecular formula is C13H22N2O3. The number of hydrogen-bond donors (Lipinski definition) is 3. The molecule has 5 heteroatoms. The lowest BCUT2D eigenvalue weighted by atomic mass is 9.79. The maximum atomic E-state index is 11.8. The van der Waals surface area contributed by atoms with Crippen molar-refractivity contribution >= 4 is 11.9 Å². The van der Waals surface area contributed by atoms with Gasteiger partial charge in [-0.05, 0) is 38.1 Å². The standard InChI is InChI=1S/C13H22N2O3/c16-12(11-6-3-7-14-11)15-8-9-4-1-2-5-10(9)13(17)18/h9-11,14H,1-8H2,(H,15,16)(H,17,18). The summed E-state index contributed by atoms with van der Waals surface area (Å²) in [6, 6.07) is -0.0723. The normalized spacial score (nSPS) is 32.1. The topological polar surface area (TPSA) is 78.4 Å². The zero-order valence-corrected chi connectivity index (χ0v) is 10.7. The smallest absolute Gasteiger partial charge is 0.306 e. The minimum Gasteiger partial charge on any atom is -0.481 e. The van der Waals surface area contributed by atoms with E-state index >= 15 is 0 Å². The molecular weight excluding hydrogens is 232 g/mol. The fraction of sp³-hybridized carbons (Fsp3) is 0.846. The van der Waals surface area contributed by atoms with Crippen LogP contribution in [0.3, 0.4) is 0 Å². The highest BCUT2D eigenvalue weighted by Gasteiger charge is 2.31. The van der Waals surface area contributed by atoms with Gasteiger partial charge < -0.3 is 15.7 Å². The summed E-state index contributed by atoms with van der Waals surface area (Å²) in [5.41, 5.74) is 0. The molecule has 2 rings (SSSR count). The van der Waals surface area contributed by atoms with Crippen LogP contribution < -0.4 is 10.6 Å². The van der Waals surface area contributed by atoms with E-state index in [4.69, 9.17) is 5.11 Å². The molecule has 1 aliphatic carbocycles. The van der Waals surface area contributed by atoms with Crippen LogP contribution in [-0.4, -0.2) is 36.1 Å². The van der Waals surface area contributed by atoms with Crippen molar-refractivity contribution in [2.24, 2.45) is 11.8 Å². The summed E-state index contributed by atoms with van der Waals surface area (Å²) in [5, 5.41) is 15.2. The average Bonchev–Trinajstić information content (AvgIpc) is 2.90. The third-order valence-electron chi connectivity index (χ3n) is 4.14. The van der Waals surface area contributed by atoms with Gasteiger partial charge in [0.15, 0.2) is 0 Å². The van der Waals surface area contributed by atoms with Gasteiger partial charge >= 0.3 is 5.97 Å². The lowest BCUT2D eigenvalue weighted by Gasteiger charge is -2.29. The highest BCUT2D eigenvalue weighted by molar-refractivity contribution is 5.82. The van der Waals surface area contributed by atoms with Gasteiger partial charge in [0.2, 0.25) is 5.91 Å². The van der Waals surface area contributed by atoms with E-state index in [9.17, 15) is 9.59 Å². The van der Waals surface area contributed by atoms with E-state index < -0.39 is 5.97 Å². The van der Waals surface area contributed by atoms with Crippen LogP contribution in [0.1, 0.15) is 38.5 Å². The summed E-state index contributed by atoms with van der Waals surface area (Å²) in [5.74, 6) is -0.868. The quantitative estimate of drug-likeness (QED) is 0.691. The van der Waals surface area contributed by atoms with E-state index in [0.29, 0.717) is 6.54 Å². The van der Waals surface area contributed by atoms with Crippen LogP contribution >= 0.6 is 0 Å². The van der Waals surface area contributed by atoms with Gasteiger partial charge in [-0.3, -0.25) is 9.59 Å². The van der Waals surface area contributed by atoms with E-state index in [1.165, 1.54) is 0 Å². The first-order valence-electron chi connectivity index (χ1n) is 6.92. The molecule has 18 heavy (non-hydrogen) atoms. The molecule has 0 bridgehead atoms. The van der Waals surface area contributed by atoms with Crippen molar-refractivity contribution in [1.29, 1.82) is 0 Å². The molecule has 3 atom stereocenters. The zero-order chi connectivity index (χ0) is 13.0. The molecule has 102 valence electrons. The third kappa shape index (κ3) is 3.22. The van der Waals surface area contributed by atoms with E-state index in [-0.39, 0.29) is 23.8 Å². The number of carbonyl (C=O) groups is 2. The van der Waals surface area contributed by atoms with Gasteiger partial charge in [-0.1, -0.05) is 12.8 Å². The summed E-state index contributed by atoms with van der Waals surface area (Å²) in [6.45, 7) is 1.41. The van der Waals surface area contributed by atoms with Gasteiger partial charge in [-0.25, -0.2) is 0 Å². The molecule has 0 aromatic carbocycles. The second-order valence-electron chi connectivity index (χ2n) is 5.38. The van der Waals surface area contributed by atoms with E-state index in [1.807, 2.05) is 0 Å². The SMILES string of the molecule is O=C(NCC1CCCCC1C(=O)O)C1CCCN1. The number of nitrogens with one attached hydrogen (secondary N) is 2. The van der Waals surface area contributed by atoms with E-state index in [0.717, 1.165) is 45.1 Å². The summed E-state index contributed by atoms with van der Waals surface area (Å²) in [7, 11) is 0. The van der Waals surface area contributed by atoms with Crippen molar-refractivity contribution < 1.29 is 14.7 Å². The molecule has 0 aromatic rings. The van der Waals surface area contributed by atoms with Crippen LogP contribution in [-0.2, 0) is 9.59 Å².